The molecule has 82 valence electrons. The summed E-state index contributed by atoms with van der Waals surface area (Å²) in [6, 6.07) is 6.72. The third-order valence-electron chi connectivity index (χ3n) is 2.10. The van der Waals surface area contributed by atoms with Crippen molar-refractivity contribution in [2.75, 3.05) is 11.9 Å². The Morgan fingerprint density at radius 1 is 1.38 bits per heavy atom. The van der Waals surface area contributed by atoms with Crippen LogP contribution in [-0.4, -0.2) is 17.6 Å². The quantitative estimate of drug-likeness (QED) is 0.780. The molecule has 1 aromatic carbocycles. The van der Waals surface area contributed by atoms with E-state index in [1.807, 2.05) is 0 Å². The van der Waals surface area contributed by atoms with Gasteiger partial charge in [0.05, 0.1) is 5.39 Å². The molecule has 5 heteroatoms. The Balaban J connectivity index is 2.53. The largest absolute Gasteiger partial charge is 0.462 e. The summed E-state index contributed by atoms with van der Waals surface area (Å²) >= 11 is 0. The SMILES string of the molecule is O=C(CO)Nc1coc2ccccc2c1=O. The Hall–Kier alpha value is -2.14. The van der Waals surface area contributed by atoms with E-state index in [1.165, 1.54) is 0 Å². The molecule has 0 atom stereocenters. The molecule has 2 N–H and O–H groups in total. The van der Waals surface area contributed by atoms with E-state index in [4.69, 9.17) is 9.52 Å². The number of benzene rings is 1. The number of hydrogen-bond acceptors (Lipinski definition) is 4. The van der Waals surface area contributed by atoms with Gasteiger partial charge in [0.15, 0.2) is 0 Å². The predicted molar refractivity (Wildman–Crippen MR) is 58.2 cm³/mol. The molecule has 1 aromatic heterocycles. The number of aliphatic hydroxyl groups is 1. The third-order valence-corrected chi connectivity index (χ3v) is 2.10. The van der Waals surface area contributed by atoms with Gasteiger partial charge in [-0.1, -0.05) is 12.1 Å². The van der Waals surface area contributed by atoms with E-state index in [0.29, 0.717) is 11.0 Å². The number of amides is 1. The van der Waals surface area contributed by atoms with Crippen LogP contribution in [0, 0.1) is 0 Å². The molecule has 0 saturated heterocycles. The summed E-state index contributed by atoms with van der Waals surface area (Å²) in [5, 5.41) is 11.2. The van der Waals surface area contributed by atoms with Gasteiger partial charge in [0.25, 0.3) is 0 Å². The molecular weight excluding hydrogens is 210 g/mol. The minimum atomic E-state index is -0.674. The zero-order valence-corrected chi connectivity index (χ0v) is 8.27. The van der Waals surface area contributed by atoms with E-state index < -0.39 is 12.5 Å². The highest BCUT2D eigenvalue weighted by Gasteiger charge is 2.08. The smallest absolute Gasteiger partial charge is 0.250 e. The van der Waals surface area contributed by atoms with E-state index in [2.05, 4.69) is 5.32 Å². The van der Waals surface area contributed by atoms with Gasteiger partial charge in [0, 0.05) is 0 Å². The molecule has 0 radical (unpaired) electrons. The molecule has 0 fully saturated rings. The lowest BCUT2D eigenvalue weighted by atomic mass is 10.2. The van der Waals surface area contributed by atoms with Crippen molar-refractivity contribution in [2.45, 2.75) is 0 Å². The van der Waals surface area contributed by atoms with Crippen molar-refractivity contribution in [3.05, 3.63) is 40.8 Å². The highest BCUT2D eigenvalue weighted by Crippen LogP contribution is 2.12. The van der Waals surface area contributed by atoms with E-state index in [0.717, 1.165) is 6.26 Å². The maximum Gasteiger partial charge on any atom is 0.250 e. The van der Waals surface area contributed by atoms with Gasteiger partial charge >= 0.3 is 0 Å². The van der Waals surface area contributed by atoms with Crippen molar-refractivity contribution in [3.63, 3.8) is 0 Å². The number of hydrogen-bond donors (Lipinski definition) is 2. The maximum absolute atomic E-state index is 11.8. The van der Waals surface area contributed by atoms with Crippen LogP contribution in [0.15, 0.2) is 39.7 Å². The van der Waals surface area contributed by atoms with Gasteiger partial charge in [-0.05, 0) is 12.1 Å². The molecule has 0 spiro atoms. The van der Waals surface area contributed by atoms with Gasteiger partial charge in [0.2, 0.25) is 11.3 Å². The van der Waals surface area contributed by atoms with Crippen LogP contribution in [0.3, 0.4) is 0 Å². The van der Waals surface area contributed by atoms with Crippen molar-refractivity contribution in [3.8, 4) is 0 Å². The predicted octanol–water partition coefficient (Wildman–Crippen LogP) is 0.724. The van der Waals surface area contributed by atoms with Crippen LogP contribution in [0.25, 0.3) is 11.0 Å². The molecule has 1 amide bonds. The average Bonchev–Trinajstić information content (AvgIpc) is 2.33. The van der Waals surface area contributed by atoms with Crippen LogP contribution in [0.4, 0.5) is 5.69 Å². The Labute approximate surface area is 90.3 Å². The fourth-order valence-corrected chi connectivity index (χ4v) is 1.35. The highest BCUT2D eigenvalue weighted by atomic mass is 16.3. The molecule has 2 rings (SSSR count). The fourth-order valence-electron chi connectivity index (χ4n) is 1.35. The Morgan fingerprint density at radius 3 is 2.88 bits per heavy atom. The van der Waals surface area contributed by atoms with E-state index in [-0.39, 0.29) is 11.1 Å². The molecular formula is C11H9NO4. The van der Waals surface area contributed by atoms with Crippen molar-refractivity contribution in [1.82, 2.24) is 0 Å². The summed E-state index contributed by atoms with van der Waals surface area (Å²) in [6.45, 7) is -0.674. The molecule has 0 aliphatic carbocycles. The van der Waals surface area contributed by atoms with Gasteiger partial charge < -0.3 is 14.8 Å². The van der Waals surface area contributed by atoms with Gasteiger partial charge in [-0.2, -0.15) is 0 Å². The second kappa shape index (κ2) is 4.16. The number of nitrogens with one attached hydrogen (secondary N) is 1. The van der Waals surface area contributed by atoms with Crippen LogP contribution >= 0.6 is 0 Å². The minimum Gasteiger partial charge on any atom is -0.462 e. The molecule has 2 aromatic rings. The molecule has 0 aliphatic heterocycles. The summed E-state index contributed by atoms with van der Waals surface area (Å²) in [4.78, 5) is 22.8. The summed E-state index contributed by atoms with van der Waals surface area (Å²) in [6.07, 6.45) is 1.16. The van der Waals surface area contributed by atoms with Crippen molar-refractivity contribution >= 4 is 22.6 Å². The molecule has 1 heterocycles. The summed E-state index contributed by atoms with van der Waals surface area (Å²) in [5.74, 6) is -0.650. The number of rotatable bonds is 2. The average molecular weight is 219 g/mol. The zero-order chi connectivity index (χ0) is 11.5. The van der Waals surface area contributed by atoms with Gasteiger partial charge in [0.1, 0.15) is 24.1 Å². The third kappa shape index (κ3) is 1.80. The van der Waals surface area contributed by atoms with Crippen LogP contribution in [-0.2, 0) is 4.79 Å². The first-order valence-electron chi connectivity index (χ1n) is 4.63. The van der Waals surface area contributed by atoms with E-state index in [1.54, 1.807) is 24.3 Å². The summed E-state index contributed by atoms with van der Waals surface area (Å²) in [5.41, 5.74) is 0.149. The lowest BCUT2D eigenvalue weighted by molar-refractivity contribution is -0.118. The number of para-hydroxylation sites is 1. The number of aliphatic hydroxyl groups excluding tert-OH is 1. The van der Waals surface area contributed by atoms with Gasteiger partial charge in [-0.25, -0.2) is 0 Å². The molecule has 0 unspecified atom stereocenters. The molecule has 0 aliphatic rings. The minimum absolute atomic E-state index is 0.0257. The van der Waals surface area contributed by atoms with Crippen LogP contribution in [0.5, 0.6) is 0 Å². The van der Waals surface area contributed by atoms with Crippen molar-refractivity contribution in [1.29, 1.82) is 0 Å². The van der Waals surface area contributed by atoms with Gasteiger partial charge in [-0.3, -0.25) is 9.59 Å². The Kier molecular flexibility index (Phi) is 2.70. The normalized spacial score (nSPS) is 10.3. The molecule has 0 bridgehead atoms. The Morgan fingerprint density at radius 2 is 2.12 bits per heavy atom. The molecule has 5 nitrogen and oxygen atoms in total. The fraction of sp³-hybridized carbons (Fsp3) is 0.0909. The number of anilines is 1. The first-order valence-corrected chi connectivity index (χ1v) is 4.63. The number of carbonyl (C=O) groups excluding carboxylic acids is 1. The summed E-state index contributed by atoms with van der Waals surface area (Å²) < 4.78 is 5.17. The Bertz CT molecular complexity index is 588. The lowest BCUT2D eigenvalue weighted by Gasteiger charge is -2.02. The van der Waals surface area contributed by atoms with Gasteiger partial charge in [-0.15, -0.1) is 0 Å². The highest BCUT2D eigenvalue weighted by molar-refractivity contribution is 5.93. The van der Waals surface area contributed by atoms with Crippen molar-refractivity contribution in [2.24, 2.45) is 0 Å². The second-order valence-electron chi connectivity index (χ2n) is 3.18. The second-order valence-corrected chi connectivity index (χ2v) is 3.18. The van der Waals surface area contributed by atoms with Crippen LogP contribution in [0.2, 0.25) is 0 Å². The number of fused-ring (bicyclic) bond motifs is 1. The zero-order valence-electron chi connectivity index (χ0n) is 8.27. The topological polar surface area (TPSA) is 79.5 Å². The van der Waals surface area contributed by atoms with E-state index in [9.17, 15) is 9.59 Å². The number of carbonyl (C=O) groups is 1. The monoisotopic (exact) mass is 219 g/mol. The summed E-state index contributed by atoms with van der Waals surface area (Å²) in [7, 11) is 0. The van der Waals surface area contributed by atoms with Crippen LogP contribution < -0.4 is 10.7 Å². The van der Waals surface area contributed by atoms with E-state index >= 15 is 0 Å². The molecule has 16 heavy (non-hydrogen) atoms. The first-order chi connectivity index (χ1) is 7.72. The first kappa shape index (κ1) is 10.4. The maximum atomic E-state index is 11.8. The standard InChI is InChI=1S/C11H9NO4/c13-5-10(14)12-8-6-16-9-4-2-1-3-7(9)11(8)15/h1-4,6,13H,5H2,(H,12,14). The lowest BCUT2D eigenvalue weighted by Crippen LogP contribution is -2.20. The van der Waals surface area contributed by atoms with Crippen LogP contribution in [0.1, 0.15) is 0 Å². The van der Waals surface area contributed by atoms with Crippen molar-refractivity contribution < 1.29 is 14.3 Å². The molecule has 0 saturated carbocycles.